The van der Waals surface area contributed by atoms with E-state index < -0.39 is 12.5 Å². The van der Waals surface area contributed by atoms with Crippen LogP contribution < -0.4 is 5.32 Å². The Balaban J connectivity index is 2.43. The second-order valence-corrected chi connectivity index (χ2v) is 4.97. The van der Waals surface area contributed by atoms with Crippen molar-refractivity contribution in [2.24, 2.45) is 0 Å². The van der Waals surface area contributed by atoms with Gasteiger partial charge in [-0.3, -0.25) is 0 Å². The third kappa shape index (κ3) is 3.79. The van der Waals surface area contributed by atoms with E-state index in [0.29, 0.717) is 0 Å². The molecule has 0 spiro atoms. The van der Waals surface area contributed by atoms with E-state index in [4.69, 9.17) is 5.11 Å². The maximum atomic E-state index is 12.0. The molecular formula is C9H12BrF2NOS. The fourth-order valence-electron chi connectivity index (χ4n) is 1.09. The molecule has 1 aromatic heterocycles. The van der Waals surface area contributed by atoms with Gasteiger partial charge in [0, 0.05) is 21.9 Å². The lowest BCUT2D eigenvalue weighted by Crippen LogP contribution is -2.33. The Morgan fingerprint density at radius 1 is 1.60 bits per heavy atom. The molecule has 0 radical (unpaired) electrons. The molecule has 0 aliphatic carbocycles. The van der Waals surface area contributed by atoms with Crippen LogP contribution in [0.5, 0.6) is 0 Å². The van der Waals surface area contributed by atoms with Crippen LogP contribution in [0.2, 0.25) is 0 Å². The van der Waals surface area contributed by atoms with E-state index in [1.807, 2.05) is 18.4 Å². The average Bonchev–Trinajstić information content (AvgIpc) is 2.60. The molecule has 2 N–H and O–H groups in total. The highest BCUT2D eigenvalue weighted by Gasteiger charge is 2.18. The third-order valence-corrected chi connectivity index (χ3v) is 4.02. The zero-order chi connectivity index (χ0) is 11.4. The van der Waals surface area contributed by atoms with Crippen LogP contribution in [0.25, 0.3) is 0 Å². The van der Waals surface area contributed by atoms with Crippen LogP contribution in [-0.2, 0) is 0 Å². The molecule has 0 aliphatic heterocycles. The maximum absolute atomic E-state index is 12.0. The van der Waals surface area contributed by atoms with Gasteiger partial charge in [-0.25, -0.2) is 8.78 Å². The Hall–Kier alpha value is -0.0400. The Kier molecular flexibility index (Phi) is 5.11. The van der Waals surface area contributed by atoms with Crippen molar-refractivity contribution >= 4 is 27.3 Å². The number of nitrogens with one attached hydrogen (secondary N) is 1. The lowest BCUT2D eigenvalue weighted by Gasteiger charge is -2.16. The molecule has 86 valence electrons. The number of halogens is 3. The van der Waals surface area contributed by atoms with E-state index >= 15 is 0 Å². The van der Waals surface area contributed by atoms with Crippen LogP contribution >= 0.6 is 27.3 Å². The Morgan fingerprint density at radius 2 is 2.27 bits per heavy atom. The van der Waals surface area contributed by atoms with E-state index in [-0.39, 0.29) is 12.6 Å². The predicted molar refractivity (Wildman–Crippen MR) is 60.4 cm³/mol. The standard InChI is InChI=1S/C9H12BrF2NOS/c1-5(8-6(10)2-3-15-8)13-4-7(14)9(11)12/h2-3,5,7,9,13-14H,4H2,1H3. The fourth-order valence-corrected chi connectivity index (χ4v) is 2.84. The quantitative estimate of drug-likeness (QED) is 0.876. The zero-order valence-electron chi connectivity index (χ0n) is 8.08. The van der Waals surface area contributed by atoms with Gasteiger partial charge in [0.2, 0.25) is 0 Å². The summed E-state index contributed by atoms with van der Waals surface area (Å²) in [6.07, 6.45) is -4.30. The monoisotopic (exact) mass is 299 g/mol. The minimum Gasteiger partial charge on any atom is -0.386 e. The van der Waals surface area contributed by atoms with E-state index in [1.165, 1.54) is 11.3 Å². The Labute approximate surface area is 99.4 Å². The minimum absolute atomic E-state index is 0.0484. The largest absolute Gasteiger partial charge is 0.386 e. The number of hydrogen-bond donors (Lipinski definition) is 2. The van der Waals surface area contributed by atoms with Crippen LogP contribution in [0.4, 0.5) is 8.78 Å². The molecule has 6 heteroatoms. The van der Waals surface area contributed by atoms with Gasteiger partial charge in [0.05, 0.1) is 0 Å². The molecule has 2 nitrogen and oxygen atoms in total. The average molecular weight is 300 g/mol. The summed E-state index contributed by atoms with van der Waals surface area (Å²) in [5.41, 5.74) is 0. The summed E-state index contributed by atoms with van der Waals surface area (Å²) < 4.78 is 25.0. The van der Waals surface area contributed by atoms with Gasteiger partial charge in [0.1, 0.15) is 6.10 Å². The zero-order valence-corrected chi connectivity index (χ0v) is 10.5. The van der Waals surface area contributed by atoms with Crippen LogP contribution in [-0.4, -0.2) is 24.2 Å². The van der Waals surface area contributed by atoms with Gasteiger partial charge in [-0.05, 0) is 34.3 Å². The maximum Gasteiger partial charge on any atom is 0.265 e. The van der Waals surface area contributed by atoms with Crippen molar-refractivity contribution in [2.45, 2.75) is 25.5 Å². The van der Waals surface area contributed by atoms with Gasteiger partial charge < -0.3 is 10.4 Å². The van der Waals surface area contributed by atoms with E-state index in [9.17, 15) is 8.78 Å². The number of aliphatic hydroxyl groups is 1. The summed E-state index contributed by atoms with van der Waals surface area (Å²) in [6.45, 7) is 1.76. The first kappa shape index (κ1) is 13.0. The minimum atomic E-state index is -2.70. The van der Waals surface area contributed by atoms with Crippen molar-refractivity contribution in [3.63, 3.8) is 0 Å². The summed E-state index contributed by atoms with van der Waals surface area (Å²) in [6, 6.07) is 1.86. The molecule has 0 fully saturated rings. The van der Waals surface area contributed by atoms with Crippen molar-refractivity contribution < 1.29 is 13.9 Å². The van der Waals surface area contributed by atoms with Crippen LogP contribution in [0.3, 0.4) is 0 Å². The molecule has 2 atom stereocenters. The SMILES string of the molecule is CC(NCC(O)C(F)F)c1sccc1Br. The van der Waals surface area contributed by atoms with Crippen LogP contribution in [0.1, 0.15) is 17.8 Å². The smallest absolute Gasteiger partial charge is 0.265 e. The van der Waals surface area contributed by atoms with Crippen LogP contribution in [0, 0.1) is 0 Å². The van der Waals surface area contributed by atoms with E-state index in [1.54, 1.807) is 0 Å². The second kappa shape index (κ2) is 5.89. The van der Waals surface area contributed by atoms with Gasteiger partial charge in [0.15, 0.2) is 0 Å². The molecule has 15 heavy (non-hydrogen) atoms. The molecular weight excluding hydrogens is 288 g/mol. The fraction of sp³-hybridized carbons (Fsp3) is 0.556. The molecule has 1 heterocycles. The van der Waals surface area contributed by atoms with Gasteiger partial charge in [-0.15, -0.1) is 11.3 Å². The first-order valence-corrected chi connectivity index (χ1v) is 6.12. The highest BCUT2D eigenvalue weighted by molar-refractivity contribution is 9.10. The first-order valence-electron chi connectivity index (χ1n) is 4.45. The van der Waals surface area contributed by atoms with Gasteiger partial charge in [0.25, 0.3) is 6.43 Å². The Bertz CT molecular complexity index is 308. The lowest BCUT2D eigenvalue weighted by atomic mass is 10.2. The van der Waals surface area contributed by atoms with Crippen molar-refractivity contribution in [1.29, 1.82) is 0 Å². The molecule has 0 saturated carbocycles. The molecule has 1 aromatic rings. The highest BCUT2D eigenvalue weighted by Crippen LogP contribution is 2.28. The number of thiophene rings is 1. The highest BCUT2D eigenvalue weighted by atomic mass is 79.9. The number of aliphatic hydroxyl groups excluding tert-OH is 1. The summed E-state index contributed by atoms with van der Waals surface area (Å²) in [7, 11) is 0. The van der Waals surface area contributed by atoms with Crippen molar-refractivity contribution in [1.82, 2.24) is 5.32 Å². The first-order chi connectivity index (χ1) is 7.02. The molecule has 1 rings (SSSR count). The molecule has 0 aliphatic rings. The predicted octanol–water partition coefficient (Wildman–Crippen LogP) is 2.79. The van der Waals surface area contributed by atoms with E-state index in [0.717, 1.165) is 9.35 Å². The molecule has 0 saturated heterocycles. The lowest BCUT2D eigenvalue weighted by molar-refractivity contribution is -0.00435. The summed E-state index contributed by atoms with van der Waals surface area (Å²) in [5, 5.41) is 13.7. The normalized spacial score (nSPS) is 15.6. The Morgan fingerprint density at radius 3 is 2.73 bits per heavy atom. The van der Waals surface area contributed by atoms with Gasteiger partial charge in [-0.1, -0.05) is 0 Å². The summed E-state index contributed by atoms with van der Waals surface area (Å²) in [5.74, 6) is 0. The second-order valence-electron chi connectivity index (χ2n) is 3.16. The number of rotatable bonds is 5. The van der Waals surface area contributed by atoms with E-state index in [2.05, 4.69) is 21.2 Å². The molecule has 0 amide bonds. The number of hydrogen-bond acceptors (Lipinski definition) is 3. The molecule has 0 bridgehead atoms. The topological polar surface area (TPSA) is 32.3 Å². The number of alkyl halides is 2. The van der Waals surface area contributed by atoms with Crippen molar-refractivity contribution in [3.8, 4) is 0 Å². The summed E-state index contributed by atoms with van der Waals surface area (Å²) >= 11 is 4.90. The molecule has 2 unspecified atom stereocenters. The van der Waals surface area contributed by atoms with Crippen molar-refractivity contribution in [3.05, 3.63) is 20.8 Å². The third-order valence-electron chi connectivity index (χ3n) is 1.96. The van der Waals surface area contributed by atoms with Gasteiger partial charge in [-0.2, -0.15) is 0 Å². The van der Waals surface area contributed by atoms with Crippen LogP contribution in [0.15, 0.2) is 15.9 Å². The summed E-state index contributed by atoms with van der Waals surface area (Å²) in [4.78, 5) is 1.04. The van der Waals surface area contributed by atoms with Gasteiger partial charge >= 0.3 is 0 Å². The van der Waals surface area contributed by atoms with Crippen molar-refractivity contribution in [2.75, 3.05) is 6.54 Å². The molecule has 0 aromatic carbocycles.